The zero-order valence-corrected chi connectivity index (χ0v) is 16.0. The van der Waals surface area contributed by atoms with E-state index in [1.165, 1.54) is 32.1 Å². The Balaban J connectivity index is 1.50. The number of nitrogens with zero attached hydrogens (tertiary/aromatic N) is 2. The predicted octanol–water partition coefficient (Wildman–Crippen LogP) is 6.35. The SMILES string of the molecule is CCCCCCCCOc1ccc(-c2ncc(-c3cc[c]cc3)cn2)cc1. The highest BCUT2D eigenvalue weighted by Gasteiger charge is 2.04. The highest BCUT2D eigenvalue weighted by Crippen LogP contribution is 2.22. The van der Waals surface area contributed by atoms with Gasteiger partial charge in [0.25, 0.3) is 0 Å². The molecule has 2 aromatic carbocycles. The molecular weight excluding hydrogens is 332 g/mol. The minimum Gasteiger partial charge on any atom is -0.494 e. The van der Waals surface area contributed by atoms with Gasteiger partial charge in [-0.3, -0.25) is 0 Å². The maximum Gasteiger partial charge on any atom is 0.159 e. The minimum absolute atomic E-state index is 0.726. The van der Waals surface area contributed by atoms with E-state index in [0.717, 1.165) is 41.3 Å². The molecule has 0 fully saturated rings. The highest BCUT2D eigenvalue weighted by molar-refractivity contribution is 5.63. The van der Waals surface area contributed by atoms with Crippen LogP contribution in [0.4, 0.5) is 0 Å². The van der Waals surface area contributed by atoms with Crippen LogP contribution in [0.15, 0.2) is 60.9 Å². The van der Waals surface area contributed by atoms with Crippen molar-refractivity contribution in [3.8, 4) is 28.3 Å². The molecule has 3 heteroatoms. The largest absolute Gasteiger partial charge is 0.494 e. The van der Waals surface area contributed by atoms with Gasteiger partial charge in [-0.25, -0.2) is 9.97 Å². The quantitative estimate of drug-likeness (QED) is 0.396. The molecule has 27 heavy (non-hydrogen) atoms. The molecule has 1 radical (unpaired) electrons. The van der Waals surface area contributed by atoms with Crippen LogP contribution >= 0.6 is 0 Å². The van der Waals surface area contributed by atoms with E-state index >= 15 is 0 Å². The topological polar surface area (TPSA) is 35.0 Å². The Morgan fingerprint density at radius 1 is 0.741 bits per heavy atom. The molecule has 3 aromatic rings. The van der Waals surface area contributed by atoms with Crippen molar-refractivity contribution in [2.24, 2.45) is 0 Å². The number of hydrogen-bond acceptors (Lipinski definition) is 3. The van der Waals surface area contributed by atoms with Crippen molar-refractivity contribution < 1.29 is 4.74 Å². The Morgan fingerprint density at radius 3 is 2.11 bits per heavy atom. The van der Waals surface area contributed by atoms with Crippen LogP contribution in [0, 0.1) is 6.07 Å². The van der Waals surface area contributed by atoms with Gasteiger partial charge in [0.05, 0.1) is 6.61 Å². The second kappa shape index (κ2) is 10.5. The molecule has 0 saturated heterocycles. The molecule has 0 N–H and O–H groups in total. The molecule has 0 amide bonds. The first-order valence-corrected chi connectivity index (χ1v) is 9.88. The van der Waals surface area contributed by atoms with E-state index in [0.29, 0.717) is 0 Å². The summed E-state index contributed by atoms with van der Waals surface area (Å²) in [7, 11) is 0. The van der Waals surface area contributed by atoms with Crippen molar-refractivity contribution in [2.75, 3.05) is 6.61 Å². The van der Waals surface area contributed by atoms with Gasteiger partial charge in [-0.1, -0.05) is 63.3 Å². The third kappa shape index (κ3) is 5.92. The average molecular weight is 359 g/mol. The number of ether oxygens (including phenoxy) is 1. The molecule has 3 rings (SSSR count). The van der Waals surface area contributed by atoms with Crippen molar-refractivity contribution in [1.29, 1.82) is 0 Å². The van der Waals surface area contributed by atoms with Gasteiger partial charge in [0.15, 0.2) is 5.82 Å². The number of benzene rings is 2. The van der Waals surface area contributed by atoms with Crippen molar-refractivity contribution in [1.82, 2.24) is 9.97 Å². The van der Waals surface area contributed by atoms with E-state index in [9.17, 15) is 0 Å². The first-order valence-electron chi connectivity index (χ1n) is 9.88. The summed E-state index contributed by atoms with van der Waals surface area (Å²) < 4.78 is 5.84. The van der Waals surface area contributed by atoms with E-state index in [1.807, 2.05) is 60.9 Å². The Labute approximate surface area is 162 Å². The summed E-state index contributed by atoms with van der Waals surface area (Å²) in [5.74, 6) is 1.63. The van der Waals surface area contributed by atoms with Crippen molar-refractivity contribution in [3.63, 3.8) is 0 Å². The molecule has 0 aliphatic carbocycles. The summed E-state index contributed by atoms with van der Waals surface area (Å²) in [4.78, 5) is 9.01. The van der Waals surface area contributed by atoms with Crippen LogP contribution in [-0.2, 0) is 0 Å². The summed E-state index contributed by atoms with van der Waals surface area (Å²) in [6.45, 7) is 3.03. The number of hydrogen-bond donors (Lipinski definition) is 0. The Bertz CT molecular complexity index is 783. The summed E-state index contributed by atoms with van der Waals surface area (Å²) in [6.07, 6.45) is 11.4. The second-order valence-electron chi connectivity index (χ2n) is 6.72. The number of aromatic nitrogens is 2. The van der Waals surface area contributed by atoms with Gasteiger partial charge in [-0.05, 0) is 42.3 Å². The van der Waals surface area contributed by atoms with Gasteiger partial charge < -0.3 is 4.74 Å². The van der Waals surface area contributed by atoms with E-state index in [1.54, 1.807) is 0 Å². The van der Waals surface area contributed by atoms with Crippen molar-refractivity contribution >= 4 is 0 Å². The molecule has 3 nitrogen and oxygen atoms in total. The lowest BCUT2D eigenvalue weighted by Gasteiger charge is -2.07. The fourth-order valence-corrected chi connectivity index (χ4v) is 2.98. The zero-order chi connectivity index (χ0) is 18.7. The zero-order valence-electron chi connectivity index (χ0n) is 16.0. The third-order valence-electron chi connectivity index (χ3n) is 4.58. The van der Waals surface area contributed by atoms with Crippen LogP contribution in [0.3, 0.4) is 0 Å². The van der Waals surface area contributed by atoms with Gasteiger partial charge in [-0.15, -0.1) is 0 Å². The molecule has 0 aliphatic rings. The molecule has 0 atom stereocenters. The standard InChI is InChI=1S/C24H27N2O/c1-2-3-4-5-6-10-17-27-23-15-13-21(14-16-23)24-25-18-22(19-26-24)20-11-8-7-9-12-20/h8-9,11-16,18-19H,2-6,10,17H2,1H3. The molecular formula is C24H27N2O. The highest BCUT2D eigenvalue weighted by atomic mass is 16.5. The fourth-order valence-electron chi connectivity index (χ4n) is 2.98. The summed E-state index contributed by atoms with van der Waals surface area (Å²) in [5.41, 5.74) is 3.10. The maximum absolute atomic E-state index is 5.84. The van der Waals surface area contributed by atoms with Crippen molar-refractivity contribution in [3.05, 3.63) is 67.0 Å². The maximum atomic E-state index is 5.84. The molecule has 1 aromatic heterocycles. The van der Waals surface area contributed by atoms with Crippen LogP contribution in [-0.4, -0.2) is 16.6 Å². The Morgan fingerprint density at radius 2 is 1.41 bits per heavy atom. The normalized spacial score (nSPS) is 10.7. The van der Waals surface area contributed by atoms with Gasteiger partial charge in [0.1, 0.15) is 5.75 Å². The fraction of sp³-hybridized carbons (Fsp3) is 0.333. The van der Waals surface area contributed by atoms with E-state index in [-0.39, 0.29) is 0 Å². The van der Waals surface area contributed by atoms with Crippen LogP contribution < -0.4 is 4.74 Å². The summed E-state index contributed by atoms with van der Waals surface area (Å²) in [6, 6.07) is 18.9. The number of unbranched alkanes of at least 4 members (excludes halogenated alkanes) is 5. The van der Waals surface area contributed by atoms with Gasteiger partial charge >= 0.3 is 0 Å². The van der Waals surface area contributed by atoms with Gasteiger partial charge in [-0.2, -0.15) is 0 Å². The number of rotatable bonds is 10. The summed E-state index contributed by atoms with van der Waals surface area (Å²) >= 11 is 0. The Kier molecular flexibility index (Phi) is 7.40. The lowest BCUT2D eigenvalue weighted by Crippen LogP contribution is -1.97. The van der Waals surface area contributed by atoms with Crippen molar-refractivity contribution in [2.45, 2.75) is 45.4 Å². The van der Waals surface area contributed by atoms with Crippen LogP contribution in [0.1, 0.15) is 45.4 Å². The summed E-state index contributed by atoms with van der Waals surface area (Å²) in [5, 5.41) is 0. The van der Waals surface area contributed by atoms with Crippen LogP contribution in [0.25, 0.3) is 22.5 Å². The van der Waals surface area contributed by atoms with E-state index < -0.39 is 0 Å². The minimum atomic E-state index is 0.726. The van der Waals surface area contributed by atoms with Crippen LogP contribution in [0.5, 0.6) is 5.75 Å². The first-order chi connectivity index (χ1) is 13.4. The molecule has 0 saturated carbocycles. The molecule has 0 unspecified atom stereocenters. The predicted molar refractivity (Wildman–Crippen MR) is 111 cm³/mol. The van der Waals surface area contributed by atoms with Gasteiger partial charge in [0.2, 0.25) is 0 Å². The van der Waals surface area contributed by atoms with E-state index in [2.05, 4.69) is 23.0 Å². The first kappa shape index (κ1) is 19.1. The smallest absolute Gasteiger partial charge is 0.159 e. The third-order valence-corrected chi connectivity index (χ3v) is 4.58. The van der Waals surface area contributed by atoms with Crippen LogP contribution in [0.2, 0.25) is 0 Å². The lowest BCUT2D eigenvalue weighted by atomic mass is 10.1. The van der Waals surface area contributed by atoms with E-state index in [4.69, 9.17) is 4.74 Å². The average Bonchev–Trinajstić information content (AvgIpc) is 2.74. The molecule has 0 aliphatic heterocycles. The molecule has 139 valence electrons. The molecule has 1 heterocycles. The van der Waals surface area contributed by atoms with Gasteiger partial charge in [0, 0.05) is 23.5 Å². The molecule has 0 spiro atoms. The monoisotopic (exact) mass is 359 g/mol. The lowest BCUT2D eigenvalue weighted by molar-refractivity contribution is 0.304. The Hall–Kier alpha value is -2.68. The molecule has 0 bridgehead atoms. The second-order valence-corrected chi connectivity index (χ2v) is 6.72.